The van der Waals surface area contributed by atoms with Crippen molar-refractivity contribution >= 4 is 5.97 Å². The van der Waals surface area contributed by atoms with Crippen LogP contribution in [0.15, 0.2) is 0 Å². The first kappa shape index (κ1) is 16.4. The van der Waals surface area contributed by atoms with Gasteiger partial charge < -0.3 is 15.2 Å². The number of esters is 1. The van der Waals surface area contributed by atoms with Crippen molar-refractivity contribution in [2.24, 2.45) is 17.1 Å². The Morgan fingerprint density at radius 3 is 2.41 bits per heavy atom. The molecule has 2 N–H and O–H groups in total. The lowest BCUT2D eigenvalue weighted by Gasteiger charge is -2.34. The first-order valence-electron chi connectivity index (χ1n) is 6.41. The third-order valence-electron chi connectivity index (χ3n) is 3.37. The minimum atomic E-state index is -0.538. The van der Waals surface area contributed by atoms with Gasteiger partial charge in [-0.1, -0.05) is 13.8 Å². The third kappa shape index (κ3) is 4.64. The molecule has 0 radical (unpaired) electrons. The number of carbonyl (C=O) groups is 1. The number of hydrogen-bond acceptors (Lipinski definition) is 4. The standard InChI is InChI=1S/C13H27NO3/c1-5-17-12(15)13(10-14,11(2)3)8-6-7-9-16-4/h11H,5-10,14H2,1-4H3. The van der Waals surface area contributed by atoms with E-state index in [-0.39, 0.29) is 11.9 Å². The smallest absolute Gasteiger partial charge is 0.313 e. The molecule has 4 heteroatoms. The lowest BCUT2D eigenvalue weighted by atomic mass is 9.73. The maximum atomic E-state index is 12.1. The molecule has 0 saturated carbocycles. The van der Waals surface area contributed by atoms with Gasteiger partial charge in [0.15, 0.2) is 0 Å². The SMILES string of the molecule is CCOC(=O)C(CN)(CCCCOC)C(C)C. The summed E-state index contributed by atoms with van der Waals surface area (Å²) in [6.45, 7) is 7.36. The van der Waals surface area contributed by atoms with Gasteiger partial charge in [0.1, 0.15) is 0 Å². The van der Waals surface area contributed by atoms with Crippen molar-refractivity contribution in [1.29, 1.82) is 0 Å². The van der Waals surface area contributed by atoms with E-state index in [1.165, 1.54) is 0 Å². The zero-order chi connectivity index (χ0) is 13.3. The Bertz CT molecular complexity index is 219. The number of nitrogens with two attached hydrogens (primary N) is 1. The number of carbonyl (C=O) groups excluding carboxylic acids is 1. The van der Waals surface area contributed by atoms with Crippen LogP contribution >= 0.6 is 0 Å². The summed E-state index contributed by atoms with van der Waals surface area (Å²) in [6, 6.07) is 0. The maximum absolute atomic E-state index is 12.1. The lowest BCUT2D eigenvalue weighted by Crippen LogP contribution is -2.44. The summed E-state index contributed by atoms with van der Waals surface area (Å²) in [7, 11) is 1.68. The average Bonchev–Trinajstić information content (AvgIpc) is 2.29. The number of ether oxygens (including phenoxy) is 2. The van der Waals surface area contributed by atoms with E-state index in [9.17, 15) is 4.79 Å². The molecule has 1 atom stereocenters. The van der Waals surface area contributed by atoms with Crippen LogP contribution in [-0.4, -0.2) is 32.8 Å². The van der Waals surface area contributed by atoms with Gasteiger partial charge in [0.25, 0.3) is 0 Å². The summed E-state index contributed by atoms with van der Waals surface area (Å²) in [6.07, 6.45) is 2.65. The summed E-state index contributed by atoms with van der Waals surface area (Å²) in [5.74, 6) is 0.0315. The van der Waals surface area contributed by atoms with Crippen molar-refractivity contribution in [2.75, 3.05) is 26.9 Å². The molecule has 17 heavy (non-hydrogen) atoms. The van der Waals surface area contributed by atoms with Gasteiger partial charge in [-0.15, -0.1) is 0 Å². The molecule has 0 aromatic carbocycles. The highest BCUT2D eigenvalue weighted by atomic mass is 16.5. The monoisotopic (exact) mass is 245 g/mol. The molecule has 1 unspecified atom stereocenters. The quantitative estimate of drug-likeness (QED) is 0.498. The van der Waals surface area contributed by atoms with Crippen LogP contribution in [0, 0.1) is 11.3 Å². The second-order valence-electron chi connectivity index (χ2n) is 4.69. The highest BCUT2D eigenvalue weighted by molar-refractivity contribution is 5.77. The molecule has 0 aliphatic carbocycles. The van der Waals surface area contributed by atoms with Crippen LogP contribution in [0.4, 0.5) is 0 Å². The molecule has 0 spiro atoms. The minimum absolute atomic E-state index is 0.157. The largest absolute Gasteiger partial charge is 0.466 e. The second-order valence-corrected chi connectivity index (χ2v) is 4.69. The molecule has 0 aromatic heterocycles. The van der Waals surface area contributed by atoms with E-state index in [0.29, 0.717) is 13.2 Å². The van der Waals surface area contributed by atoms with Crippen LogP contribution in [-0.2, 0) is 14.3 Å². The molecule has 0 saturated heterocycles. The molecule has 0 aliphatic heterocycles. The molecule has 0 aliphatic rings. The molecule has 0 fully saturated rings. The zero-order valence-corrected chi connectivity index (χ0v) is 11.6. The van der Waals surface area contributed by atoms with Gasteiger partial charge in [0.2, 0.25) is 0 Å². The zero-order valence-electron chi connectivity index (χ0n) is 11.6. The molecular formula is C13H27NO3. The van der Waals surface area contributed by atoms with E-state index in [2.05, 4.69) is 0 Å². The number of methoxy groups -OCH3 is 1. The van der Waals surface area contributed by atoms with Gasteiger partial charge >= 0.3 is 5.97 Å². The van der Waals surface area contributed by atoms with Crippen LogP contribution in [0.1, 0.15) is 40.0 Å². The van der Waals surface area contributed by atoms with Crippen LogP contribution in [0.3, 0.4) is 0 Å². The average molecular weight is 245 g/mol. The maximum Gasteiger partial charge on any atom is 0.313 e. The molecule has 0 rings (SSSR count). The van der Waals surface area contributed by atoms with Crippen molar-refractivity contribution in [1.82, 2.24) is 0 Å². The Hall–Kier alpha value is -0.610. The predicted molar refractivity (Wildman–Crippen MR) is 68.7 cm³/mol. The van der Waals surface area contributed by atoms with Crippen molar-refractivity contribution in [2.45, 2.75) is 40.0 Å². The summed E-state index contributed by atoms with van der Waals surface area (Å²) < 4.78 is 10.2. The molecule has 0 amide bonds. The Balaban J connectivity index is 4.53. The fourth-order valence-electron chi connectivity index (χ4n) is 2.01. The molecular weight excluding hydrogens is 218 g/mol. The van der Waals surface area contributed by atoms with Gasteiger partial charge in [0, 0.05) is 20.3 Å². The Morgan fingerprint density at radius 1 is 1.35 bits per heavy atom. The van der Waals surface area contributed by atoms with Gasteiger partial charge in [-0.05, 0) is 32.1 Å². The highest BCUT2D eigenvalue weighted by Crippen LogP contribution is 2.34. The van der Waals surface area contributed by atoms with Gasteiger partial charge in [-0.2, -0.15) is 0 Å². The van der Waals surface area contributed by atoms with Gasteiger partial charge in [-0.25, -0.2) is 0 Å². The van der Waals surface area contributed by atoms with E-state index in [4.69, 9.17) is 15.2 Å². The summed E-state index contributed by atoms with van der Waals surface area (Å²) in [5, 5.41) is 0. The highest BCUT2D eigenvalue weighted by Gasteiger charge is 2.41. The van der Waals surface area contributed by atoms with Crippen LogP contribution < -0.4 is 5.73 Å². The summed E-state index contributed by atoms with van der Waals surface area (Å²) >= 11 is 0. The van der Waals surface area contributed by atoms with Gasteiger partial charge in [0.05, 0.1) is 12.0 Å². The van der Waals surface area contributed by atoms with E-state index in [1.54, 1.807) is 7.11 Å². The predicted octanol–water partition coefficient (Wildman–Crippen LogP) is 1.97. The van der Waals surface area contributed by atoms with E-state index < -0.39 is 5.41 Å². The minimum Gasteiger partial charge on any atom is -0.466 e. The second kappa shape index (κ2) is 8.48. The molecule has 0 aromatic rings. The summed E-state index contributed by atoms with van der Waals surface area (Å²) in [4.78, 5) is 12.1. The summed E-state index contributed by atoms with van der Waals surface area (Å²) in [5.41, 5.74) is 5.28. The Kier molecular flexibility index (Phi) is 8.17. The van der Waals surface area contributed by atoms with Crippen molar-refractivity contribution in [3.05, 3.63) is 0 Å². The number of hydrogen-bond donors (Lipinski definition) is 1. The van der Waals surface area contributed by atoms with Gasteiger partial charge in [-0.3, -0.25) is 4.79 Å². The Morgan fingerprint density at radius 2 is 2.00 bits per heavy atom. The third-order valence-corrected chi connectivity index (χ3v) is 3.37. The van der Waals surface area contributed by atoms with E-state index >= 15 is 0 Å². The molecule has 4 nitrogen and oxygen atoms in total. The molecule has 0 bridgehead atoms. The van der Waals surface area contributed by atoms with Crippen molar-refractivity contribution in [3.63, 3.8) is 0 Å². The molecule has 0 heterocycles. The first-order valence-corrected chi connectivity index (χ1v) is 6.41. The Labute approximate surface area is 105 Å². The van der Waals surface area contributed by atoms with E-state index in [1.807, 2.05) is 20.8 Å². The first-order chi connectivity index (χ1) is 8.05. The van der Waals surface area contributed by atoms with E-state index in [0.717, 1.165) is 25.9 Å². The normalized spacial score (nSPS) is 14.7. The van der Waals surface area contributed by atoms with Crippen molar-refractivity contribution < 1.29 is 14.3 Å². The molecule has 102 valence electrons. The number of unbranched alkanes of at least 4 members (excludes halogenated alkanes) is 1. The topological polar surface area (TPSA) is 61.5 Å². The van der Waals surface area contributed by atoms with Crippen LogP contribution in [0.5, 0.6) is 0 Å². The number of rotatable bonds is 9. The fourth-order valence-corrected chi connectivity index (χ4v) is 2.01. The van der Waals surface area contributed by atoms with Crippen molar-refractivity contribution in [3.8, 4) is 0 Å². The fraction of sp³-hybridized carbons (Fsp3) is 0.923. The lowest BCUT2D eigenvalue weighted by molar-refractivity contribution is -0.158. The van der Waals surface area contributed by atoms with Crippen LogP contribution in [0.25, 0.3) is 0 Å². The van der Waals surface area contributed by atoms with Crippen LogP contribution in [0.2, 0.25) is 0 Å².